The molecule has 0 radical (unpaired) electrons. The average Bonchev–Trinajstić information content (AvgIpc) is 3.19. The van der Waals surface area contributed by atoms with Crippen LogP contribution in [0.2, 0.25) is 0 Å². The van der Waals surface area contributed by atoms with Crippen molar-refractivity contribution in [3.05, 3.63) is 42.2 Å². The summed E-state index contributed by atoms with van der Waals surface area (Å²) in [5.41, 5.74) is 2.81. The summed E-state index contributed by atoms with van der Waals surface area (Å²) >= 11 is 0. The third-order valence-corrected chi connectivity index (χ3v) is 4.62. The highest BCUT2D eigenvalue weighted by molar-refractivity contribution is 5.88. The number of benzene rings is 1. The van der Waals surface area contributed by atoms with Gasteiger partial charge in [0, 0.05) is 17.8 Å². The van der Waals surface area contributed by atoms with E-state index in [4.69, 9.17) is 0 Å². The van der Waals surface area contributed by atoms with Crippen molar-refractivity contribution in [3.63, 3.8) is 0 Å². The van der Waals surface area contributed by atoms with Gasteiger partial charge in [-0.3, -0.25) is 0 Å². The van der Waals surface area contributed by atoms with Crippen molar-refractivity contribution >= 4 is 22.5 Å². The molecule has 0 spiro atoms. The largest absolute Gasteiger partial charge is 0.405 e. The Kier molecular flexibility index (Phi) is 4.44. The van der Waals surface area contributed by atoms with E-state index in [2.05, 4.69) is 20.4 Å². The van der Waals surface area contributed by atoms with Crippen LogP contribution >= 0.6 is 0 Å². The molecule has 3 aromatic heterocycles. The van der Waals surface area contributed by atoms with E-state index in [9.17, 15) is 17.6 Å². The Hall–Kier alpha value is -3.17. The van der Waals surface area contributed by atoms with Gasteiger partial charge in [0.25, 0.3) is 0 Å². The second-order valence-corrected chi connectivity index (χ2v) is 7.06. The summed E-state index contributed by atoms with van der Waals surface area (Å²) in [5.74, 6) is 0.132. The molecule has 0 fully saturated rings. The molecule has 0 bridgehead atoms. The van der Waals surface area contributed by atoms with E-state index in [0.29, 0.717) is 27.7 Å². The summed E-state index contributed by atoms with van der Waals surface area (Å²) in [4.78, 5) is 8.28. The van der Waals surface area contributed by atoms with Crippen LogP contribution in [-0.4, -0.2) is 36.9 Å². The number of rotatable bonds is 4. The lowest BCUT2D eigenvalue weighted by atomic mass is 10.1. The van der Waals surface area contributed by atoms with E-state index in [0.717, 1.165) is 5.82 Å². The first-order chi connectivity index (χ1) is 13.6. The Morgan fingerprint density at radius 1 is 1.17 bits per heavy atom. The zero-order chi connectivity index (χ0) is 20.9. The van der Waals surface area contributed by atoms with E-state index in [1.54, 1.807) is 12.3 Å². The maximum atomic E-state index is 14.7. The van der Waals surface area contributed by atoms with Crippen LogP contribution in [0.3, 0.4) is 0 Å². The van der Waals surface area contributed by atoms with Gasteiger partial charge in [0.15, 0.2) is 5.82 Å². The molecule has 0 aliphatic carbocycles. The van der Waals surface area contributed by atoms with Crippen LogP contribution < -0.4 is 5.32 Å². The van der Waals surface area contributed by atoms with Crippen LogP contribution in [0.5, 0.6) is 0 Å². The number of nitrogens with zero attached hydrogens (tertiary/aromatic N) is 5. The van der Waals surface area contributed by atoms with E-state index in [1.165, 1.54) is 16.8 Å². The number of aryl methyl sites for hydroxylation is 1. The zero-order valence-electron chi connectivity index (χ0n) is 15.9. The first-order valence-corrected chi connectivity index (χ1v) is 8.97. The molecule has 1 N–H and O–H groups in total. The molecule has 4 aromatic rings. The molecule has 0 atom stereocenters. The number of imidazole rings is 1. The molecule has 10 heteroatoms. The Morgan fingerprint density at radius 2 is 1.93 bits per heavy atom. The number of hydrogen-bond acceptors (Lipinski definition) is 4. The van der Waals surface area contributed by atoms with Gasteiger partial charge in [-0.2, -0.15) is 13.2 Å². The van der Waals surface area contributed by atoms with Crippen LogP contribution in [-0.2, 0) is 0 Å². The van der Waals surface area contributed by atoms with Crippen molar-refractivity contribution in [2.24, 2.45) is 0 Å². The predicted molar refractivity (Wildman–Crippen MR) is 101 cm³/mol. The number of aromatic nitrogens is 5. The summed E-state index contributed by atoms with van der Waals surface area (Å²) in [6.07, 6.45) is -1.36. The van der Waals surface area contributed by atoms with Crippen LogP contribution in [0.15, 0.2) is 30.6 Å². The summed E-state index contributed by atoms with van der Waals surface area (Å²) < 4.78 is 55.2. The van der Waals surface area contributed by atoms with Crippen LogP contribution in [0.1, 0.15) is 25.7 Å². The lowest BCUT2D eigenvalue weighted by Crippen LogP contribution is -2.22. The first kappa shape index (κ1) is 19.2. The normalized spacial score (nSPS) is 12.4. The van der Waals surface area contributed by atoms with Gasteiger partial charge in [0.05, 0.1) is 17.2 Å². The number of nitrogens with one attached hydrogen (secondary N) is 1. The fourth-order valence-electron chi connectivity index (χ4n) is 3.48. The molecule has 0 saturated carbocycles. The highest BCUT2D eigenvalue weighted by Crippen LogP contribution is 2.32. The number of alkyl halides is 3. The second kappa shape index (κ2) is 6.71. The van der Waals surface area contributed by atoms with Crippen molar-refractivity contribution in [2.75, 3.05) is 11.9 Å². The highest BCUT2D eigenvalue weighted by Gasteiger charge is 2.27. The lowest BCUT2D eigenvalue weighted by molar-refractivity contribution is -0.115. The molecule has 0 aliphatic rings. The van der Waals surface area contributed by atoms with Gasteiger partial charge in [-0.25, -0.2) is 18.9 Å². The summed E-state index contributed by atoms with van der Waals surface area (Å²) in [6.45, 7) is 4.59. The molecule has 0 unspecified atom stereocenters. The maximum absolute atomic E-state index is 14.7. The van der Waals surface area contributed by atoms with Gasteiger partial charge in [0.2, 0.25) is 5.95 Å². The fraction of sp³-hybridized carbons (Fsp3) is 0.316. The Labute approximate surface area is 163 Å². The van der Waals surface area contributed by atoms with E-state index in [-0.39, 0.29) is 12.0 Å². The summed E-state index contributed by atoms with van der Waals surface area (Å²) in [7, 11) is 0. The minimum atomic E-state index is -4.37. The first-order valence-electron chi connectivity index (χ1n) is 8.97. The van der Waals surface area contributed by atoms with Gasteiger partial charge >= 0.3 is 6.18 Å². The van der Waals surface area contributed by atoms with Crippen molar-refractivity contribution in [3.8, 4) is 11.1 Å². The van der Waals surface area contributed by atoms with E-state index in [1.807, 2.05) is 31.4 Å². The lowest BCUT2D eigenvalue weighted by Gasteiger charge is -2.11. The van der Waals surface area contributed by atoms with Gasteiger partial charge in [-0.15, -0.1) is 5.10 Å². The maximum Gasteiger partial charge on any atom is 0.405 e. The van der Waals surface area contributed by atoms with Crippen LogP contribution in [0.4, 0.5) is 23.5 Å². The minimum absolute atomic E-state index is 0.103. The van der Waals surface area contributed by atoms with E-state index >= 15 is 0 Å². The molecule has 6 nitrogen and oxygen atoms in total. The zero-order valence-corrected chi connectivity index (χ0v) is 15.9. The third kappa shape index (κ3) is 3.50. The van der Waals surface area contributed by atoms with Crippen molar-refractivity contribution in [1.29, 1.82) is 0 Å². The molecular weight excluding hydrogens is 388 g/mol. The van der Waals surface area contributed by atoms with Gasteiger partial charge in [-0.1, -0.05) is 0 Å². The summed E-state index contributed by atoms with van der Waals surface area (Å²) in [6, 6.07) is 5.07. The Morgan fingerprint density at radius 3 is 2.62 bits per heavy atom. The van der Waals surface area contributed by atoms with Crippen molar-refractivity contribution in [1.82, 2.24) is 24.1 Å². The monoisotopic (exact) mass is 406 g/mol. The Bertz CT molecular complexity index is 1210. The predicted octanol–water partition coefficient (Wildman–Crippen LogP) is 4.75. The standard InChI is InChI=1S/C19H18F4N6/c1-10(2)29-11(3)26-17-14(20)6-12(7-15(17)29)13-4-5-28-16(13)8-24-18(27-28)25-9-19(21,22)23/h4-8,10H,9H2,1-3H3,(H,25,27). The smallest absolute Gasteiger partial charge is 0.344 e. The second-order valence-electron chi connectivity index (χ2n) is 7.06. The molecule has 152 valence electrons. The number of anilines is 1. The van der Waals surface area contributed by atoms with Crippen molar-refractivity contribution in [2.45, 2.75) is 33.0 Å². The topological polar surface area (TPSA) is 60.0 Å². The summed E-state index contributed by atoms with van der Waals surface area (Å²) in [5, 5.41) is 6.18. The number of fused-ring (bicyclic) bond motifs is 2. The molecule has 1 aromatic carbocycles. The quantitative estimate of drug-likeness (QED) is 0.497. The SMILES string of the molecule is Cc1nc2c(F)cc(-c3ccn4nc(NCC(F)(F)F)ncc34)cc2n1C(C)C. The average molecular weight is 406 g/mol. The molecule has 0 saturated heterocycles. The molecule has 3 heterocycles. The fourth-order valence-corrected chi connectivity index (χ4v) is 3.48. The van der Waals surface area contributed by atoms with Crippen LogP contribution in [0, 0.1) is 12.7 Å². The van der Waals surface area contributed by atoms with E-state index < -0.39 is 18.5 Å². The minimum Gasteiger partial charge on any atom is -0.344 e. The molecule has 0 amide bonds. The van der Waals surface area contributed by atoms with Gasteiger partial charge in [0.1, 0.15) is 17.9 Å². The van der Waals surface area contributed by atoms with Crippen LogP contribution in [0.25, 0.3) is 27.7 Å². The van der Waals surface area contributed by atoms with Gasteiger partial charge in [-0.05, 0) is 44.5 Å². The third-order valence-electron chi connectivity index (χ3n) is 4.62. The molecule has 4 rings (SSSR count). The Balaban J connectivity index is 1.78. The van der Waals surface area contributed by atoms with Gasteiger partial charge < -0.3 is 9.88 Å². The number of halogens is 4. The van der Waals surface area contributed by atoms with Crippen molar-refractivity contribution < 1.29 is 17.6 Å². The highest BCUT2D eigenvalue weighted by atomic mass is 19.4. The molecule has 29 heavy (non-hydrogen) atoms. The molecular formula is C19H18F4N6. The molecule has 0 aliphatic heterocycles. The number of hydrogen-bond donors (Lipinski definition) is 1.